The first kappa shape index (κ1) is 5.53. The molecule has 0 aliphatic carbocycles. The van der Waals surface area contributed by atoms with Crippen molar-refractivity contribution >= 4 is 15.2 Å². The molecule has 0 aromatic heterocycles. The number of rotatable bonds is 1. The van der Waals surface area contributed by atoms with Crippen molar-refractivity contribution in [3.8, 4) is 0 Å². The third kappa shape index (κ3) is 4.53. The lowest BCUT2D eigenvalue weighted by molar-refractivity contribution is 1.06. The van der Waals surface area contributed by atoms with Crippen LogP contribution in [0.15, 0.2) is 0 Å². The Bertz CT molecular complexity index is 21.5. The van der Waals surface area contributed by atoms with Crippen LogP contribution in [-0.2, 0) is 0 Å². The van der Waals surface area contributed by atoms with Crippen molar-refractivity contribution in [2.75, 3.05) is 0 Å². The molecule has 0 aliphatic rings. The molecule has 0 amide bonds. The minimum Gasteiger partial charge on any atom is -0.115 e. The SMILES string of the molecule is [CH3][Al][CH](C)C.[HH]. The molecule has 0 spiro atoms. The molecule has 5 heavy (non-hydrogen) atoms. The van der Waals surface area contributed by atoms with E-state index in [4.69, 9.17) is 0 Å². The molecule has 1 heteroatoms. The monoisotopic (exact) mass is 87.1 g/mol. The van der Waals surface area contributed by atoms with Gasteiger partial charge in [0, 0.05) is 1.43 Å². The Hall–Kier alpha value is 0.532. The smallest absolute Gasteiger partial charge is 0.115 e. The highest BCUT2D eigenvalue weighted by Crippen LogP contribution is 1.92. The Balaban J connectivity index is 0. The Morgan fingerprint density at radius 1 is 1.60 bits per heavy atom. The Morgan fingerprint density at radius 2 is 1.80 bits per heavy atom. The van der Waals surface area contributed by atoms with Gasteiger partial charge in [0.25, 0.3) is 0 Å². The molecule has 1 radical (unpaired) electrons. The van der Waals surface area contributed by atoms with Gasteiger partial charge in [-0.25, -0.2) is 0 Å². The predicted molar refractivity (Wildman–Crippen MR) is 28.8 cm³/mol. The second-order valence-electron chi connectivity index (χ2n) is 1.58. The van der Waals surface area contributed by atoms with E-state index >= 15 is 0 Å². The lowest BCUT2D eigenvalue weighted by Gasteiger charge is -1.87. The van der Waals surface area contributed by atoms with E-state index in [0.29, 0.717) is 0 Å². The fourth-order valence-electron chi connectivity index (χ4n) is 0. The van der Waals surface area contributed by atoms with Crippen LogP contribution in [0, 0.1) is 0 Å². The fraction of sp³-hybridized carbons (Fsp3) is 1.00. The van der Waals surface area contributed by atoms with Crippen LogP contribution in [0.25, 0.3) is 0 Å². The summed E-state index contributed by atoms with van der Waals surface area (Å²) >= 11 is 0.731. The normalized spacial score (nSPS) is 8.80. The van der Waals surface area contributed by atoms with Crippen molar-refractivity contribution < 1.29 is 1.43 Å². The summed E-state index contributed by atoms with van der Waals surface area (Å²) in [6.45, 7) is 4.52. The van der Waals surface area contributed by atoms with Crippen LogP contribution in [0.4, 0.5) is 0 Å². The molecular formula is C4H12Al. The molecule has 0 nitrogen and oxygen atoms in total. The van der Waals surface area contributed by atoms with Gasteiger partial charge in [0.05, 0.1) is 0 Å². The lowest BCUT2D eigenvalue weighted by Crippen LogP contribution is -1.83. The van der Waals surface area contributed by atoms with Gasteiger partial charge in [0.2, 0.25) is 0 Å². The van der Waals surface area contributed by atoms with Crippen LogP contribution >= 0.6 is 0 Å². The van der Waals surface area contributed by atoms with Gasteiger partial charge in [-0.3, -0.25) is 0 Å². The summed E-state index contributed by atoms with van der Waals surface area (Å²) in [7, 11) is 0. The molecule has 0 saturated carbocycles. The molecule has 0 N–H and O–H groups in total. The van der Waals surface area contributed by atoms with Crippen LogP contribution in [0.1, 0.15) is 15.3 Å². The minimum absolute atomic E-state index is 0. The van der Waals surface area contributed by atoms with Gasteiger partial charge >= 0.3 is 0 Å². The van der Waals surface area contributed by atoms with Crippen molar-refractivity contribution in [3.05, 3.63) is 0 Å². The van der Waals surface area contributed by atoms with Crippen LogP contribution < -0.4 is 0 Å². The summed E-state index contributed by atoms with van der Waals surface area (Å²) in [6, 6.07) is 0. The zero-order valence-electron chi connectivity index (χ0n) is 4.15. The lowest BCUT2D eigenvalue weighted by atomic mass is 10.6. The maximum atomic E-state index is 2.28. The second-order valence-corrected chi connectivity index (χ2v) is 3.58. The average molecular weight is 87.1 g/mol. The van der Waals surface area contributed by atoms with Gasteiger partial charge < -0.3 is 0 Å². The van der Waals surface area contributed by atoms with Gasteiger partial charge in [-0.05, 0) is 0 Å². The molecule has 0 aliphatic heterocycles. The highest BCUT2D eigenvalue weighted by molar-refractivity contribution is 6.35. The zero-order chi connectivity index (χ0) is 4.28. The Morgan fingerprint density at radius 3 is 1.80 bits per heavy atom. The molecule has 0 heterocycles. The van der Waals surface area contributed by atoms with E-state index < -0.39 is 0 Å². The van der Waals surface area contributed by atoms with Crippen LogP contribution in [0.2, 0.25) is 10.6 Å². The zero-order valence-corrected chi connectivity index (χ0v) is 5.31. The largest absolute Gasteiger partial charge is 0.199 e. The number of hydrogen-bond acceptors (Lipinski definition) is 0. The first-order chi connectivity index (χ1) is 2.27. The van der Waals surface area contributed by atoms with Gasteiger partial charge in [0.15, 0.2) is 15.2 Å². The van der Waals surface area contributed by atoms with E-state index in [1.165, 1.54) is 0 Å². The summed E-state index contributed by atoms with van der Waals surface area (Å²) in [6.07, 6.45) is 0. The van der Waals surface area contributed by atoms with Crippen molar-refractivity contribution in [3.63, 3.8) is 0 Å². The van der Waals surface area contributed by atoms with Crippen molar-refractivity contribution in [2.45, 2.75) is 24.4 Å². The molecule has 31 valence electrons. The van der Waals surface area contributed by atoms with Crippen LogP contribution in [0.3, 0.4) is 0 Å². The predicted octanol–water partition coefficient (Wildman–Crippen LogP) is 1.81. The Labute approximate surface area is 41.8 Å². The van der Waals surface area contributed by atoms with E-state index in [-0.39, 0.29) is 1.43 Å². The molecule has 0 saturated heterocycles. The van der Waals surface area contributed by atoms with Gasteiger partial charge in [-0.1, -0.05) is 18.6 Å². The minimum atomic E-state index is 0. The molecule has 0 fully saturated rings. The molecular weight excluding hydrogens is 75.0 g/mol. The van der Waals surface area contributed by atoms with E-state index in [1.54, 1.807) is 0 Å². The van der Waals surface area contributed by atoms with Gasteiger partial charge in [-0.15, -0.1) is 5.79 Å². The number of hydrogen-bond donors (Lipinski definition) is 0. The highest BCUT2D eigenvalue weighted by Gasteiger charge is 1.84. The molecule has 0 rings (SSSR count). The molecule has 0 unspecified atom stereocenters. The summed E-state index contributed by atoms with van der Waals surface area (Å²) in [5.74, 6) is 2.28. The third-order valence-electron chi connectivity index (χ3n) is 0.667. The summed E-state index contributed by atoms with van der Waals surface area (Å²) < 4.78 is 0.968. The van der Waals surface area contributed by atoms with E-state index in [0.717, 1.165) is 20.0 Å². The molecule has 0 aromatic rings. The van der Waals surface area contributed by atoms with E-state index in [2.05, 4.69) is 19.6 Å². The summed E-state index contributed by atoms with van der Waals surface area (Å²) in [5.41, 5.74) is 0. The first-order valence-corrected chi connectivity index (χ1v) is 3.89. The standard InChI is InChI=1S/C3H7.CH3.Al.H2/c1-3-2;;;/h3H,1-2H3;1H3;;1H. The topological polar surface area (TPSA) is 0 Å². The molecule has 0 bridgehead atoms. The second kappa shape index (κ2) is 2.75. The van der Waals surface area contributed by atoms with E-state index in [9.17, 15) is 0 Å². The molecule has 0 aromatic carbocycles. The van der Waals surface area contributed by atoms with E-state index in [1.807, 2.05) is 0 Å². The van der Waals surface area contributed by atoms with Gasteiger partial charge in [-0.2, -0.15) is 0 Å². The first-order valence-electron chi connectivity index (χ1n) is 2.07. The summed E-state index contributed by atoms with van der Waals surface area (Å²) in [5, 5.41) is 0. The highest BCUT2D eigenvalue weighted by atomic mass is 27.1. The van der Waals surface area contributed by atoms with Gasteiger partial charge in [0.1, 0.15) is 0 Å². The fourth-order valence-corrected chi connectivity index (χ4v) is 0. The molecule has 0 atom stereocenters. The van der Waals surface area contributed by atoms with Crippen LogP contribution in [-0.4, -0.2) is 15.2 Å². The summed E-state index contributed by atoms with van der Waals surface area (Å²) in [4.78, 5) is 0. The maximum absolute atomic E-state index is 2.28. The Kier molecular flexibility index (Phi) is 3.05. The van der Waals surface area contributed by atoms with Crippen LogP contribution in [0.5, 0.6) is 0 Å². The quantitative estimate of drug-likeness (QED) is 0.428. The average Bonchev–Trinajstić information content (AvgIpc) is 1.38. The third-order valence-corrected chi connectivity index (χ3v) is 2.00. The van der Waals surface area contributed by atoms with Crippen molar-refractivity contribution in [1.82, 2.24) is 0 Å². The van der Waals surface area contributed by atoms with Crippen molar-refractivity contribution in [1.29, 1.82) is 0 Å². The maximum Gasteiger partial charge on any atom is 0.199 e. The van der Waals surface area contributed by atoms with Crippen molar-refractivity contribution in [2.24, 2.45) is 0 Å².